The zero-order valence-corrected chi connectivity index (χ0v) is 19.0. The second kappa shape index (κ2) is 8.55. The molecule has 0 aliphatic carbocycles. The Balaban J connectivity index is 1.66. The fourth-order valence-corrected chi connectivity index (χ4v) is 5.02. The third kappa shape index (κ3) is 4.37. The number of nitrogens with one attached hydrogen (secondary N) is 3. The van der Waals surface area contributed by atoms with Gasteiger partial charge in [0.05, 0.1) is 31.1 Å². The van der Waals surface area contributed by atoms with E-state index in [1.165, 1.54) is 19.4 Å². The number of amides is 2. The van der Waals surface area contributed by atoms with Crippen molar-refractivity contribution in [2.45, 2.75) is 25.2 Å². The standard InChI is InChI=1S/C23H22N4O5S/c1-13-6-4-7-14(2)21(13)27-33(30,31)19-10-15(12-24-23(19)32-3)25-22(29)16-8-5-9-18-17(16)11-20(28)26-18/h4-10,12,27H,11H2,1-3H3,(H,25,29)(H,26,28). The molecule has 0 radical (unpaired) electrons. The molecular formula is C23H22N4O5S. The number of anilines is 3. The summed E-state index contributed by atoms with van der Waals surface area (Å²) in [4.78, 5) is 28.5. The largest absolute Gasteiger partial charge is 0.480 e. The molecule has 2 amide bonds. The predicted octanol–water partition coefficient (Wildman–Crippen LogP) is 3.25. The molecule has 0 unspecified atom stereocenters. The van der Waals surface area contributed by atoms with E-state index in [9.17, 15) is 18.0 Å². The number of aryl methyl sites for hydroxylation is 2. The highest BCUT2D eigenvalue weighted by atomic mass is 32.2. The van der Waals surface area contributed by atoms with Gasteiger partial charge in [0.25, 0.3) is 15.9 Å². The van der Waals surface area contributed by atoms with E-state index in [-0.39, 0.29) is 28.8 Å². The van der Waals surface area contributed by atoms with Gasteiger partial charge in [-0.25, -0.2) is 13.4 Å². The number of carbonyl (C=O) groups excluding carboxylic acids is 2. The maximum atomic E-state index is 13.2. The van der Waals surface area contributed by atoms with Crippen LogP contribution in [-0.2, 0) is 21.2 Å². The Hall–Kier alpha value is -3.92. The first kappa shape index (κ1) is 22.3. The van der Waals surface area contributed by atoms with Crippen molar-refractivity contribution in [1.29, 1.82) is 0 Å². The molecule has 3 aromatic rings. The van der Waals surface area contributed by atoms with Crippen LogP contribution in [0.4, 0.5) is 17.1 Å². The van der Waals surface area contributed by atoms with E-state index in [1.807, 2.05) is 6.07 Å². The molecule has 2 heterocycles. The minimum absolute atomic E-state index is 0.0963. The zero-order chi connectivity index (χ0) is 23.8. The Morgan fingerprint density at radius 2 is 1.82 bits per heavy atom. The fourth-order valence-electron chi connectivity index (χ4n) is 3.67. The maximum Gasteiger partial charge on any atom is 0.267 e. The monoisotopic (exact) mass is 466 g/mol. The van der Waals surface area contributed by atoms with E-state index in [0.29, 0.717) is 22.5 Å². The van der Waals surface area contributed by atoms with Crippen molar-refractivity contribution in [2.75, 3.05) is 22.5 Å². The summed E-state index contributed by atoms with van der Waals surface area (Å²) in [7, 11) is -2.77. The molecule has 0 saturated carbocycles. The molecule has 1 aromatic heterocycles. The smallest absolute Gasteiger partial charge is 0.267 e. The van der Waals surface area contributed by atoms with Crippen LogP contribution in [-0.4, -0.2) is 32.3 Å². The lowest BCUT2D eigenvalue weighted by atomic mass is 10.0. The molecule has 0 bridgehead atoms. The molecule has 0 spiro atoms. The van der Waals surface area contributed by atoms with Gasteiger partial charge in [-0.2, -0.15) is 0 Å². The molecule has 170 valence electrons. The van der Waals surface area contributed by atoms with Crippen molar-refractivity contribution in [3.63, 3.8) is 0 Å². The minimum atomic E-state index is -4.08. The van der Waals surface area contributed by atoms with Crippen molar-refractivity contribution >= 4 is 38.9 Å². The number of rotatable bonds is 6. The molecule has 1 aliphatic rings. The second-order valence-corrected chi connectivity index (χ2v) is 9.27. The van der Waals surface area contributed by atoms with E-state index < -0.39 is 15.9 Å². The number of hydrogen-bond acceptors (Lipinski definition) is 6. The van der Waals surface area contributed by atoms with Gasteiger partial charge >= 0.3 is 0 Å². The van der Waals surface area contributed by atoms with Crippen LogP contribution in [0.25, 0.3) is 0 Å². The lowest BCUT2D eigenvalue weighted by Gasteiger charge is -2.15. The third-order valence-corrected chi connectivity index (χ3v) is 6.65. The lowest BCUT2D eigenvalue weighted by molar-refractivity contribution is -0.115. The summed E-state index contributed by atoms with van der Waals surface area (Å²) >= 11 is 0. The summed E-state index contributed by atoms with van der Waals surface area (Å²) in [6, 6.07) is 11.7. The van der Waals surface area contributed by atoms with E-state index in [2.05, 4.69) is 20.3 Å². The Labute approximate surface area is 191 Å². The number of sulfonamides is 1. The molecule has 33 heavy (non-hydrogen) atoms. The average molecular weight is 467 g/mol. The quantitative estimate of drug-likeness (QED) is 0.512. The highest BCUT2D eigenvalue weighted by Crippen LogP contribution is 2.30. The topological polar surface area (TPSA) is 126 Å². The van der Waals surface area contributed by atoms with Crippen LogP contribution in [0.2, 0.25) is 0 Å². The van der Waals surface area contributed by atoms with Gasteiger partial charge in [-0.1, -0.05) is 24.3 Å². The Kier molecular flexibility index (Phi) is 5.77. The number of hydrogen-bond donors (Lipinski definition) is 3. The van der Waals surface area contributed by atoms with Crippen LogP contribution >= 0.6 is 0 Å². The highest BCUT2D eigenvalue weighted by Gasteiger charge is 2.26. The Morgan fingerprint density at radius 1 is 1.12 bits per heavy atom. The molecule has 1 aliphatic heterocycles. The van der Waals surface area contributed by atoms with Crippen molar-refractivity contribution < 1.29 is 22.7 Å². The first-order valence-electron chi connectivity index (χ1n) is 10.1. The molecule has 2 aromatic carbocycles. The Bertz CT molecular complexity index is 1370. The van der Waals surface area contributed by atoms with E-state index in [4.69, 9.17) is 4.74 Å². The summed E-state index contributed by atoms with van der Waals surface area (Å²) in [6.07, 6.45) is 1.40. The van der Waals surface area contributed by atoms with Crippen molar-refractivity contribution in [2.24, 2.45) is 0 Å². The SMILES string of the molecule is COc1ncc(NC(=O)c2cccc3c2CC(=O)N3)cc1S(=O)(=O)Nc1c(C)cccc1C. The molecule has 0 saturated heterocycles. The van der Waals surface area contributed by atoms with E-state index in [0.717, 1.165) is 11.1 Å². The lowest BCUT2D eigenvalue weighted by Crippen LogP contribution is -2.18. The number of carbonyl (C=O) groups is 2. The number of aromatic nitrogens is 1. The van der Waals surface area contributed by atoms with Crippen LogP contribution in [0.5, 0.6) is 5.88 Å². The Morgan fingerprint density at radius 3 is 2.52 bits per heavy atom. The van der Waals surface area contributed by atoms with Gasteiger partial charge in [0, 0.05) is 11.3 Å². The molecule has 0 fully saturated rings. The first-order valence-corrected chi connectivity index (χ1v) is 11.5. The first-order chi connectivity index (χ1) is 15.7. The number of pyridine rings is 1. The summed E-state index contributed by atoms with van der Waals surface area (Å²) in [6.45, 7) is 3.60. The number of nitrogens with zero attached hydrogens (tertiary/aromatic N) is 1. The fraction of sp³-hybridized carbons (Fsp3) is 0.174. The third-order valence-electron chi connectivity index (χ3n) is 5.31. The van der Waals surface area contributed by atoms with Crippen LogP contribution in [0.3, 0.4) is 0 Å². The second-order valence-electron chi connectivity index (χ2n) is 7.61. The molecular weight excluding hydrogens is 444 g/mol. The number of benzene rings is 2. The minimum Gasteiger partial charge on any atom is -0.480 e. The number of para-hydroxylation sites is 1. The van der Waals surface area contributed by atoms with E-state index >= 15 is 0 Å². The molecule has 4 rings (SSSR count). The van der Waals surface area contributed by atoms with Gasteiger partial charge < -0.3 is 15.4 Å². The number of fused-ring (bicyclic) bond motifs is 1. The molecule has 3 N–H and O–H groups in total. The van der Waals surface area contributed by atoms with Gasteiger partial charge in [0.15, 0.2) is 4.90 Å². The van der Waals surface area contributed by atoms with Crippen LogP contribution in [0.1, 0.15) is 27.0 Å². The van der Waals surface area contributed by atoms with Crippen LogP contribution in [0.15, 0.2) is 53.6 Å². The van der Waals surface area contributed by atoms with E-state index in [1.54, 1.807) is 44.2 Å². The van der Waals surface area contributed by atoms with Crippen molar-refractivity contribution in [3.05, 3.63) is 70.9 Å². The predicted molar refractivity (Wildman–Crippen MR) is 124 cm³/mol. The summed E-state index contributed by atoms with van der Waals surface area (Å²) in [5, 5.41) is 5.36. The summed E-state index contributed by atoms with van der Waals surface area (Å²) < 4.78 is 34.1. The maximum absolute atomic E-state index is 13.2. The van der Waals surface area contributed by atoms with Crippen LogP contribution in [0, 0.1) is 13.8 Å². The van der Waals surface area contributed by atoms with Gasteiger partial charge in [0.2, 0.25) is 11.8 Å². The average Bonchev–Trinajstić information content (AvgIpc) is 3.16. The highest BCUT2D eigenvalue weighted by molar-refractivity contribution is 7.92. The summed E-state index contributed by atoms with van der Waals surface area (Å²) in [5.74, 6) is -0.786. The number of ether oxygens (including phenoxy) is 1. The molecule has 0 atom stereocenters. The van der Waals surface area contributed by atoms with Gasteiger partial charge in [-0.05, 0) is 48.7 Å². The van der Waals surface area contributed by atoms with Gasteiger partial charge in [-0.3, -0.25) is 14.3 Å². The molecule has 10 heteroatoms. The summed E-state index contributed by atoms with van der Waals surface area (Å²) in [5.41, 5.74) is 3.64. The van der Waals surface area contributed by atoms with Gasteiger partial charge in [0.1, 0.15) is 0 Å². The normalized spacial score (nSPS) is 12.6. The molecule has 9 nitrogen and oxygen atoms in total. The zero-order valence-electron chi connectivity index (χ0n) is 18.2. The van der Waals surface area contributed by atoms with Crippen molar-refractivity contribution in [3.8, 4) is 5.88 Å². The van der Waals surface area contributed by atoms with Gasteiger partial charge in [-0.15, -0.1) is 0 Å². The van der Waals surface area contributed by atoms with Crippen molar-refractivity contribution in [1.82, 2.24) is 4.98 Å². The number of methoxy groups -OCH3 is 1. The van der Waals surface area contributed by atoms with Crippen LogP contribution < -0.4 is 20.1 Å².